The van der Waals surface area contributed by atoms with Gasteiger partial charge in [0.05, 0.1) is 12.0 Å². The number of fused-ring (bicyclic) bond motifs is 3. The predicted octanol–water partition coefficient (Wildman–Crippen LogP) is 1.63. The van der Waals surface area contributed by atoms with Crippen LogP contribution >= 0.6 is 0 Å². The van der Waals surface area contributed by atoms with Crippen LogP contribution in [-0.2, 0) is 19.2 Å². The van der Waals surface area contributed by atoms with Crippen LogP contribution < -0.4 is 16.0 Å². The Balaban J connectivity index is 1.87. The summed E-state index contributed by atoms with van der Waals surface area (Å²) in [6.45, 7) is 3.62. The Morgan fingerprint density at radius 1 is 1.19 bits per heavy atom. The Labute approximate surface area is 210 Å². The summed E-state index contributed by atoms with van der Waals surface area (Å²) in [5.74, 6) is -10.6. The van der Waals surface area contributed by atoms with Crippen LogP contribution in [0.2, 0.25) is 0 Å². The lowest BCUT2D eigenvalue weighted by molar-refractivity contribution is -0.196. The average Bonchev–Trinajstić information content (AvgIpc) is 3.19. The number of carbonyl (C=O) groups is 4. The van der Waals surface area contributed by atoms with Gasteiger partial charge in [-0.05, 0) is 38.0 Å². The maximum Gasteiger partial charge on any atom is 0.471 e. The number of piperidine rings is 2. The zero-order chi connectivity index (χ0) is 27.7. The minimum Gasteiger partial charge on any atom is -0.356 e. The summed E-state index contributed by atoms with van der Waals surface area (Å²) in [5.41, 5.74) is 0. The number of nitriles is 1. The van der Waals surface area contributed by atoms with E-state index in [1.165, 1.54) is 0 Å². The first-order valence-corrected chi connectivity index (χ1v) is 12.2. The molecule has 3 heterocycles. The second-order valence-electron chi connectivity index (χ2n) is 10.3. The van der Waals surface area contributed by atoms with Crippen molar-refractivity contribution in [3.05, 3.63) is 0 Å². The van der Waals surface area contributed by atoms with Crippen LogP contribution in [0.4, 0.5) is 22.0 Å². The average molecular weight is 536 g/mol. The molecular formula is C23H30F5N5O4. The second kappa shape index (κ2) is 10.8. The Hall–Kier alpha value is -2.98. The minimum atomic E-state index is -5.27. The fraction of sp³-hybridized carbons (Fsp3) is 0.783. The third-order valence-electron chi connectivity index (χ3n) is 7.18. The largest absolute Gasteiger partial charge is 0.471 e. The highest BCUT2D eigenvalue weighted by atomic mass is 19.4. The molecule has 0 spiro atoms. The Bertz CT molecular complexity index is 966. The second-order valence-corrected chi connectivity index (χ2v) is 10.3. The standard InChI is InChI=1S/C23H30F5N5O4/c1-11(2)7-16(32-21(37)23(26,27)28)20(36)33-14-3-4-15(22(24,25)9-14)17(33)19(35)31-13(10-29)8-12-5-6-30-18(12)34/h11-17H,3-9H2,1-2H3,(H,30,34)(H,31,35)(H,32,37)/t12-,13-,14+,15+,16-,17-/m1/s1. The fourth-order valence-electron chi connectivity index (χ4n) is 5.49. The van der Waals surface area contributed by atoms with Crippen LogP contribution in [0.3, 0.4) is 0 Å². The summed E-state index contributed by atoms with van der Waals surface area (Å²) in [6.07, 6.45) is -5.87. The third kappa shape index (κ3) is 6.30. The number of hydrogen-bond acceptors (Lipinski definition) is 5. The van der Waals surface area contributed by atoms with Gasteiger partial charge >= 0.3 is 12.1 Å². The summed E-state index contributed by atoms with van der Waals surface area (Å²) in [7, 11) is 0. The number of nitrogens with one attached hydrogen (secondary N) is 3. The van der Waals surface area contributed by atoms with E-state index in [9.17, 15) is 46.4 Å². The van der Waals surface area contributed by atoms with Gasteiger partial charge in [-0.25, -0.2) is 8.78 Å². The first kappa shape index (κ1) is 28.6. The molecule has 206 valence electrons. The molecule has 0 aromatic carbocycles. The van der Waals surface area contributed by atoms with E-state index in [1.807, 2.05) is 6.07 Å². The number of nitrogens with zero attached hydrogens (tertiary/aromatic N) is 2. The number of alkyl halides is 5. The molecule has 3 saturated heterocycles. The minimum absolute atomic E-state index is 0.0587. The Kier molecular flexibility index (Phi) is 8.34. The van der Waals surface area contributed by atoms with E-state index in [-0.39, 0.29) is 37.5 Å². The first-order valence-electron chi connectivity index (χ1n) is 12.2. The number of hydrogen-bond donors (Lipinski definition) is 3. The highest BCUT2D eigenvalue weighted by Crippen LogP contribution is 2.49. The predicted molar refractivity (Wildman–Crippen MR) is 117 cm³/mol. The van der Waals surface area contributed by atoms with Crippen molar-refractivity contribution in [2.24, 2.45) is 17.8 Å². The number of rotatable bonds is 8. The van der Waals surface area contributed by atoms with Crippen molar-refractivity contribution in [1.29, 1.82) is 5.26 Å². The Morgan fingerprint density at radius 3 is 2.38 bits per heavy atom. The van der Waals surface area contributed by atoms with Crippen LogP contribution in [0.5, 0.6) is 0 Å². The highest BCUT2D eigenvalue weighted by Gasteiger charge is 2.61. The topological polar surface area (TPSA) is 131 Å². The van der Waals surface area contributed by atoms with Gasteiger partial charge in [0.1, 0.15) is 18.1 Å². The number of halogens is 5. The molecule has 9 nitrogen and oxygen atoms in total. The van der Waals surface area contributed by atoms with Crippen molar-refractivity contribution in [3.63, 3.8) is 0 Å². The smallest absolute Gasteiger partial charge is 0.356 e. The van der Waals surface area contributed by atoms with E-state index in [2.05, 4.69) is 10.6 Å². The zero-order valence-electron chi connectivity index (χ0n) is 20.4. The monoisotopic (exact) mass is 535 g/mol. The number of carbonyl (C=O) groups excluding carboxylic acids is 4. The van der Waals surface area contributed by atoms with Crippen molar-refractivity contribution in [1.82, 2.24) is 20.9 Å². The maximum absolute atomic E-state index is 14.9. The van der Waals surface area contributed by atoms with Gasteiger partial charge in [-0.1, -0.05) is 13.8 Å². The van der Waals surface area contributed by atoms with Gasteiger partial charge in [0.25, 0.3) is 5.92 Å². The zero-order valence-corrected chi connectivity index (χ0v) is 20.4. The molecule has 4 amide bonds. The van der Waals surface area contributed by atoms with E-state index in [4.69, 9.17) is 0 Å². The molecule has 0 radical (unpaired) electrons. The SMILES string of the molecule is CC(C)C[C@@H](NC(=O)C(F)(F)F)C(=O)N1[C@H]2CC[C@@H]([C@@H]1C(=O)N[C@@H](C#N)C[C@H]1CCNC1=O)C(F)(F)C2. The van der Waals surface area contributed by atoms with Crippen LogP contribution in [0.1, 0.15) is 52.4 Å². The van der Waals surface area contributed by atoms with Gasteiger partial charge in [-0.3, -0.25) is 19.2 Å². The van der Waals surface area contributed by atoms with Gasteiger partial charge < -0.3 is 20.9 Å². The van der Waals surface area contributed by atoms with E-state index < -0.39 is 72.2 Å². The highest BCUT2D eigenvalue weighted by molar-refractivity contribution is 5.94. The molecule has 3 N–H and O–H groups in total. The molecule has 6 atom stereocenters. The molecule has 4 fully saturated rings. The molecular weight excluding hydrogens is 505 g/mol. The summed E-state index contributed by atoms with van der Waals surface area (Å²) >= 11 is 0. The first-order chi connectivity index (χ1) is 17.2. The molecule has 4 aliphatic rings. The van der Waals surface area contributed by atoms with E-state index in [0.29, 0.717) is 13.0 Å². The van der Waals surface area contributed by atoms with Gasteiger partial charge in [0, 0.05) is 24.9 Å². The third-order valence-corrected chi connectivity index (χ3v) is 7.18. The van der Waals surface area contributed by atoms with Gasteiger partial charge in [0.15, 0.2) is 0 Å². The fourth-order valence-corrected chi connectivity index (χ4v) is 5.49. The van der Waals surface area contributed by atoms with E-state index in [1.54, 1.807) is 19.2 Å². The van der Waals surface area contributed by atoms with Crippen molar-refractivity contribution in [3.8, 4) is 6.07 Å². The van der Waals surface area contributed by atoms with Gasteiger partial charge in [0.2, 0.25) is 17.7 Å². The lowest BCUT2D eigenvalue weighted by Gasteiger charge is -2.54. The molecule has 37 heavy (non-hydrogen) atoms. The molecule has 3 aliphatic heterocycles. The van der Waals surface area contributed by atoms with Crippen LogP contribution in [0.25, 0.3) is 0 Å². The molecule has 4 rings (SSSR count). The molecule has 0 aromatic heterocycles. The van der Waals surface area contributed by atoms with Crippen molar-refractivity contribution >= 4 is 23.6 Å². The van der Waals surface area contributed by atoms with Gasteiger partial charge in [-0.2, -0.15) is 18.4 Å². The van der Waals surface area contributed by atoms with Crippen molar-refractivity contribution in [2.45, 2.75) is 88.6 Å². The molecule has 0 aromatic rings. The summed E-state index contributed by atoms with van der Waals surface area (Å²) in [6, 6.07) is -3.94. The lowest BCUT2D eigenvalue weighted by Crippen LogP contribution is -2.71. The quantitative estimate of drug-likeness (QED) is 0.407. The molecule has 2 bridgehead atoms. The van der Waals surface area contributed by atoms with Crippen molar-refractivity contribution < 1.29 is 41.1 Å². The normalized spacial score (nSPS) is 28.3. The Morgan fingerprint density at radius 2 is 1.86 bits per heavy atom. The summed E-state index contributed by atoms with van der Waals surface area (Å²) in [5, 5.41) is 16.1. The molecule has 0 unspecified atom stereocenters. The number of amides is 4. The molecule has 1 aliphatic carbocycles. The van der Waals surface area contributed by atoms with Crippen LogP contribution in [0.15, 0.2) is 0 Å². The molecule has 14 heteroatoms. The maximum atomic E-state index is 14.9. The van der Waals surface area contributed by atoms with Crippen molar-refractivity contribution in [2.75, 3.05) is 6.54 Å². The lowest BCUT2D eigenvalue weighted by atomic mass is 9.71. The molecule has 1 saturated carbocycles. The van der Waals surface area contributed by atoms with Gasteiger partial charge in [-0.15, -0.1) is 0 Å². The van der Waals surface area contributed by atoms with Crippen LogP contribution in [-0.4, -0.2) is 71.3 Å². The van der Waals surface area contributed by atoms with E-state index >= 15 is 0 Å². The summed E-state index contributed by atoms with van der Waals surface area (Å²) in [4.78, 5) is 51.1. The van der Waals surface area contributed by atoms with E-state index in [0.717, 1.165) is 4.90 Å². The van der Waals surface area contributed by atoms with Crippen LogP contribution in [0, 0.1) is 29.1 Å². The summed E-state index contributed by atoms with van der Waals surface area (Å²) < 4.78 is 68.5.